The first kappa shape index (κ1) is 14.4. The van der Waals surface area contributed by atoms with Crippen LogP contribution in [0.2, 0.25) is 0 Å². The molecule has 0 radical (unpaired) electrons. The van der Waals surface area contributed by atoms with Gasteiger partial charge in [-0.05, 0) is 50.1 Å². The molecule has 0 saturated heterocycles. The molecule has 2 aromatic rings. The van der Waals surface area contributed by atoms with Crippen molar-refractivity contribution in [1.82, 2.24) is 9.97 Å². The van der Waals surface area contributed by atoms with Crippen molar-refractivity contribution in [3.63, 3.8) is 0 Å². The van der Waals surface area contributed by atoms with E-state index < -0.39 is 11.9 Å². The molecule has 1 unspecified atom stereocenters. The van der Waals surface area contributed by atoms with Gasteiger partial charge < -0.3 is 10.5 Å². The van der Waals surface area contributed by atoms with Crippen LogP contribution in [0.15, 0.2) is 24.3 Å². The number of hydroxylamine groups is 1. The molecule has 7 heteroatoms. The van der Waals surface area contributed by atoms with Gasteiger partial charge in [0.25, 0.3) is 5.91 Å². The summed E-state index contributed by atoms with van der Waals surface area (Å²) in [4.78, 5) is 20.1. The van der Waals surface area contributed by atoms with Crippen LogP contribution in [0.5, 0.6) is 11.8 Å². The maximum atomic E-state index is 11.6. The highest BCUT2D eigenvalue weighted by molar-refractivity contribution is 5.98. The topological polar surface area (TPSA) is 102 Å². The lowest BCUT2D eigenvalue weighted by molar-refractivity contribution is -0.125. The van der Waals surface area contributed by atoms with Gasteiger partial charge in [-0.25, -0.2) is 9.97 Å². The van der Waals surface area contributed by atoms with Gasteiger partial charge in [0, 0.05) is 11.4 Å². The van der Waals surface area contributed by atoms with Crippen LogP contribution in [0.1, 0.15) is 17.0 Å². The van der Waals surface area contributed by atoms with Crippen molar-refractivity contribution < 1.29 is 14.7 Å². The van der Waals surface area contributed by atoms with E-state index in [2.05, 4.69) is 9.97 Å². The Balaban J connectivity index is 1.91. The van der Waals surface area contributed by atoms with Gasteiger partial charge in [-0.1, -0.05) is 0 Å². The number of aromatic nitrogens is 2. The molecule has 0 saturated carbocycles. The summed E-state index contributed by atoms with van der Waals surface area (Å²) >= 11 is 0. The van der Waals surface area contributed by atoms with Gasteiger partial charge in [0.15, 0.2) is 0 Å². The second-order valence-corrected chi connectivity index (χ2v) is 5.29. The molecular weight excluding hydrogens is 284 g/mol. The van der Waals surface area contributed by atoms with Crippen LogP contribution in [0.25, 0.3) is 0 Å². The molecule has 114 valence electrons. The minimum Gasteiger partial charge on any atom is -0.424 e. The lowest BCUT2D eigenvalue weighted by Crippen LogP contribution is -2.47. The molecule has 22 heavy (non-hydrogen) atoms. The molecule has 1 atom stereocenters. The molecule has 0 bridgehead atoms. The van der Waals surface area contributed by atoms with E-state index in [1.807, 2.05) is 19.9 Å². The predicted octanol–water partition coefficient (Wildman–Crippen LogP) is 1.49. The number of amides is 1. The van der Waals surface area contributed by atoms with Gasteiger partial charge in [0.1, 0.15) is 5.75 Å². The van der Waals surface area contributed by atoms with Crippen molar-refractivity contribution >= 4 is 11.6 Å². The number of fused-ring (bicyclic) bond motifs is 1. The third-order valence-electron chi connectivity index (χ3n) is 3.42. The molecule has 0 spiro atoms. The molecule has 1 aromatic heterocycles. The van der Waals surface area contributed by atoms with E-state index in [4.69, 9.17) is 10.5 Å². The Morgan fingerprint density at radius 3 is 2.64 bits per heavy atom. The summed E-state index contributed by atoms with van der Waals surface area (Å²) in [6.07, 6.45) is 0.343. The summed E-state index contributed by atoms with van der Waals surface area (Å²) in [5.74, 6) is 0.0116. The minimum absolute atomic E-state index is 0.259. The third kappa shape index (κ3) is 2.63. The smallest absolute Gasteiger partial charge is 0.322 e. The standard InChI is InChI=1S/C15H16N4O3/c1-8-5-9(2)18-15(17-8)22-11-3-4-13-10(6-11)7-12(16)14(20)19(13)21/h3-6,12,21H,7,16H2,1-2H3. The van der Waals surface area contributed by atoms with Crippen molar-refractivity contribution in [2.24, 2.45) is 5.73 Å². The van der Waals surface area contributed by atoms with Gasteiger partial charge in [-0.15, -0.1) is 0 Å². The van der Waals surface area contributed by atoms with Crippen molar-refractivity contribution in [3.05, 3.63) is 41.2 Å². The van der Waals surface area contributed by atoms with Crippen molar-refractivity contribution in [1.29, 1.82) is 0 Å². The van der Waals surface area contributed by atoms with Crippen LogP contribution >= 0.6 is 0 Å². The quantitative estimate of drug-likeness (QED) is 0.815. The van der Waals surface area contributed by atoms with Crippen molar-refractivity contribution in [2.45, 2.75) is 26.3 Å². The predicted molar refractivity (Wildman–Crippen MR) is 79.0 cm³/mol. The van der Waals surface area contributed by atoms with Crippen LogP contribution in [-0.2, 0) is 11.2 Å². The Hall–Kier alpha value is -2.51. The maximum Gasteiger partial charge on any atom is 0.322 e. The zero-order valence-corrected chi connectivity index (χ0v) is 12.3. The molecule has 7 nitrogen and oxygen atoms in total. The van der Waals surface area contributed by atoms with Gasteiger partial charge in [0.2, 0.25) is 0 Å². The highest BCUT2D eigenvalue weighted by Gasteiger charge is 2.29. The number of nitrogens with two attached hydrogens (primary N) is 1. The molecule has 1 amide bonds. The molecule has 3 rings (SSSR count). The second-order valence-electron chi connectivity index (χ2n) is 5.29. The zero-order chi connectivity index (χ0) is 15.9. The average Bonchev–Trinajstić information content (AvgIpc) is 2.43. The first-order valence-corrected chi connectivity index (χ1v) is 6.85. The van der Waals surface area contributed by atoms with Crippen molar-refractivity contribution in [3.8, 4) is 11.8 Å². The Bertz CT molecular complexity index is 727. The number of carbonyl (C=O) groups excluding carboxylic acids is 1. The number of benzene rings is 1. The Morgan fingerprint density at radius 1 is 1.27 bits per heavy atom. The van der Waals surface area contributed by atoms with E-state index in [1.165, 1.54) is 0 Å². The van der Waals surface area contributed by atoms with Gasteiger partial charge in [0.05, 0.1) is 11.7 Å². The normalized spacial score (nSPS) is 17.4. The van der Waals surface area contributed by atoms with E-state index in [9.17, 15) is 10.0 Å². The monoisotopic (exact) mass is 300 g/mol. The average molecular weight is 300 g/mol. The van der Waals surface area contributed by atoms with E-state index in [1.54, 1.807) is 18.2 Å². The number of hydrogen-bond acceptors (Lipinski definition) is 6. The molecule has 1 aliphatic heterocycles. The largest absolute Gasteiger partial charge is 0.424 e. The first-order chi connectivity index (χ1) is 10.4. The van der Waals surface area contributed by atoms with E-state index in [-0.39, 0.29) is 6.01 Å². The lowest BCUT2D eigenvalue weighted by atomic mass is 9.99. The fourth-order valence-electron chi connectivity index (χ4n) is 2.44. The summed E-state index contributed by atoms with van der Waals surface area (Å²) in [6, 6.07) is 6.34. The minimum atomic E-state index is -0.759. The molecule has 1 aliphatic rings. The van der Waals surface area contributed by atoms with Crippen LogP contribution in [-0.4, -0.2) is 27.1 Å². The van der Waals surface area contributed by atoms with Gasteiger partial charge >= 0.3 is 6.01 Å². The summed E-state index contributed by atoms with van der Waals surface area (Å²) in [5.41, 5.74) is 8.49. The fourth-order valence-corrected chi connectivity index (χ4v) is 2.44. The molecule has 0 aliphatic carbocycles. The maximum absolute atomic E-state index is 11.6. The molecule has 0 fully saturated rings. The van der Waals surface area contributed by atoms with E-state index >= 15 is 0 Å². The Morgan fingerprint density at radius 2 is 1.95 bits per heavy atom. The number of anilines is 1. The number of ether oxygens (including phenoxy) is 1. The summed E-state index contributed by atoms with van der Waals surface area (Å²) < 4.78 is 5.66. The van der Waals surface area contributed by atoms with Gasteiger partial charge in [-0.3, -0.25) is 10.0 Å². The number of carbonyl (C=O) groups is 1. The lowest BCUT2D eigenvalue weighted by Gasteiger charge is -2.27. The Kier molecular flexibility index (Phi) is 3.51. The highest BCUT2D eigenvalue weighted by atomic mass is 16.5. The molecule has 3 N–H and O–H groups in total. The highest BCUT2D eigenvalue weighted by Crippen LogP contribution is 2.31. The van der Waals surface area contributed by atoms with E-state index in [0.717, 1.165) is 17.0 Å². The second kappa shape index (κ2) is 5.36. The number of rotatable bonds is 2. The first-order valence-electron chi connectivity index (χ1n) is 6.85. The molecule has 2 heterocycles. The Labute approximate surface area is 127 Å². The zero-order valence-electron chi connectivity index (χ0n) is 12.3. The van der Waals surface area contributed by atoms with Crippen LogP contribution in [0, 0.1) is 13.8 Å². The summed E-state index contributed by atoms with van der Waals surface area (Å²) in [5, 5.41) is 10.4. The number of nitrogens with zero attached hydrogens (tertiary/aromatic N) is 3. The number of aryl methyl sites for hydroxylation is 2. The van der Waals surface area contributed by atoms with Crippen molar-refractivity contribution in [2.75, 3.05) is 5.06 Å². The number of hydrogen-bond donors (Lipinski definition) is 2. The fraction of sp³-hybridized carbons (Fsp3) is 0.267. The summed E-state index contributed by atoms with van der Waals surface area (Å²) in [7, 11) is 0. The van der Waals surface area contributed by atoms with Crippen LogP contribution < -0.4 is 15.5 Å². The summed E-state index contributed by atoms with van der Waals surface area (Å²) in [6.45, 7) is 3.73. The molecule has 1 aromatic carbocycles. The van der Waals surface area contributed by atoms with Crippen LogP contribution in [0.4, 0.5) is 5.69 Å². The SMILES string of the molecule is Cc1cc(C)nc(Oc2ccc3c(c2)CC(N)C(=O)N3O)n1. The van der Waals surface area contributed by atoms with E-state index in [0.29, 0.717) is 22.9 Å². The van der Waals surface area contributed by atoms with Crippen LogP contribution in [0.3, 0.4) is 0 Å². The molecular formula is C15H16N4O3. The third-order valence-corrected chi connectivity index (χ3v) is 3.42. The van der Waals surface area contributed by atoms with Gasteiger partial charge in [-0.2, -0.15) is 5.06 Å².